The minimum atomic E-state index is -4.55. The molecule has 1 unspecified atom stereocenters. The zero-order valence-electron chi connectivity index (χ0n) is 13.2. The summed E-state index contributed by atoms with van der Waals surface area (Å²) in [5, 5.41) is 3.44. The summed E-state index contributed by atoms with van der Waals surface area (Å²) in [6, 6.07) is 4.43. The second kappa shape index (κ2) is 6.65. The highest BCUT2D eigenvalue weighted by Gasteiger charge is 2.35. The van der Waals surface area contributed by atoms with Crippen LogP contribution < -0.4 is 5.32 Å². The molecule has 3 rings (SSSR count). The van der Waals surface area contributed by atoms with Crippen LogP contribution in [-0.2, 0) is 16.2 Å². The average Bonchev–Trinajstić information content (AvgIpc) is 3.09. The van der Waals surface area contributed by atoms with E-state index in [1.165, 1.54) is 10.4 Å². The molecule has 0 radical (unpaired) electrons. The maximum absolute atomic E-state index is 12.8. The highest BCUT2D eigenvalue weighted by atomic mass is 32.2. The summed E-state index contributed by atoms with van der Waals surface area (Å²) < 4.78 is 65.0. The molecule has 24 heavy (non-hydrogen) atoms. The quantitative estimate of drug-likeness (QED) is 0.900. The molecule has 0 amide bonds. The van der Waals surface area contributed by atoms with Crippen molar-refractivity contribution in [1.82, 2.24) is 9.62 Å². The van der Waals surface area contributed by atoms with Gasteiger partial charge in [-0.1, -0.05) is 6.07 Å². The normalized spacial score (nSPS) is 24.4. The standard InChI is InChI=1S/C16H21F3N2O2S/c17-16(18,19)13-3-1-4-14(11-13)24(22,23)21-9-6-12(7-10-21)15-5-2-8-20-15/h1,3-4,11-12,15,20H,2,5-10H2. The summed E-state index contributed by atoms with van der Waals surface area (Å²) in [5.74, 6) is 0.445. The van der Waals surface area contributed by atoms with Gasteiger partial charge >= 0.3 is 6.18 Å². The molecule has 1 aromatic carbocycles. The van der Waals surface area contributed by atoms with Gasteiger partial charge < -0.3 is 5.32 Å². The smallest absolute Gasteiger partial charge is 0.314 e. The Kier molecular flexibility index (Phi) is 4.90. The number of alkyl halides is 3. The Labute approximate surface area is 140 Å². The van der Waals surface area contributed by atoms with E-state index in [0.29, 0.717) is 25.0 Å². The lowest BCUT2D eigenvalue weighted by molar-refractivity contribution is -0.137. The van der Waals surface area contributed by atoms with Gasteiger partial charge in [-0.05, 0) is 56.3 Å². The summed E-state index contributed by atoms with van der Waals surface area (Å²) >= 11 is 0. The molecule has 0 spiro atoms. The third kappa shape index (κ3) is 3.60. The van der Waals surface area contributed by atoms with Gasteiger partial charge in [-0.2, -0.15) is 17.5 Å². The summed E-state index contributed by atoms with van der Waals surface area (Å²) in [4.78, 5) is -0.283. The van der Waals surface area contributed by atoms with E-state index in [1.807, 2.05) is 0 Å². The van der Waals surface area contributed by atoms with E-state index >= 15 is 0 Å². The minimum absolute atomic E-state index is 0.283. The number of hydrogen-bond donors (Lipinski definition) is 1. The molecule has 1 N–H and O–H groups in total. The number of benzene rings is 1. The molecule has 2 fully saturated rings. The van der Waals surface area contributed by atoms with Crippen molar-refractivity contribution in [2.45, 2.75) is 42.8 Å². The van der Waals surface area contributed by atoms with Crippen LogP contribution in [0.5, 0.6) is 0 Å². The monoisotopic (exact) mass is 362 g/mol. The van der Waals surface area contributed by atoms with E-state index in [-0.39, 0.29) is 4.90 Å². The molecular formula is C16H21F3N2O2S. The van der Waals surface area contributed by atoms with E-state index in [9.17, 15) is 21.6 Å². The van der Waals surface area contributed by atoms with Crippen LogP contribution in [0.2, 0.25) is 0 Å². The summed E-state index contributed by atoms with van der Waals surface area (Å²) in [7, 11) is -3.88. The zero-order chi connectivity index (χ0) is 17.4. The Hall–Kier alpha value is -1.12. The average molecular weight is 362 g/mol. The summed E-state index contributed by atoms with van der Waals surface area (Å²) in [6.07, 6.45) is -0.795. The van der Waals surface area contributed by atoms with Crippen molar-refractivity contribution in [2.24, 2.45) is 5.92 Å². The number of nitrogens with zero attached hydrogens (tertiary/aromatic N) is 1. The van der Waals surface area contributed by atoms with Crippen LogP contribution in [0, 0.1) is 5.92 Å². The van der Waals surface area contributed by atoms with Gasteiger partial charge in [-0.25, -0.2) is 8.42 Å². The Bertz CT molecular complexity index is 677. The number of sulfonamides is 1. The predicted octanol–water partition coefficient (Wildman–Crippen LogP) is 2.86. The van der Waals surface area contributed by atoms with E-state index in [2.05, 4.69) is 5.32 Å². The summed E-state index contributed by atoms with van der Waals surface area (Å²) in [5.41, 5.74) is -0.936. The molecule has 2 saturated heterocycles. The third-order valence-electron chi connectivity index (χ3n) is 4.97. The summed E-state index contributed by atoms with van der Waals surface area (Å²) in [6.45, 7) is 1.73. The van der Waals surface area contributed by atoms with Crippen molar-refractivity contribution in [2.75, 3.05) is 19.6 Å². The molecule has 0 aromatic heterocycles. The first-order chi connectivity index (χ1) is 11.3. The Morgan fingerprint density at radius 2 is 1.83 bits per heavy atom. The van der Waals surface area contributed by atoms with Crippen molar-refractivity contribution in [1.29, 1.82) is 0 Å². The molecule has 134 valence electrons. The van der Waals surface area contributed by atoms with Crippen molar-refractivity contribution >= 4 is 10.0 Å². The first-order valence-corrected chi connectivity index (χ1v) is 9.63. The molecule has 2 aliphatic rings. The van der Waals surface area contributed by atoms with Gasteiger partial charge in [-0.3, -0.25) is 0 Å². The predicted molar refractivity (Wildman–Crippen MR) is 84.0 cm³/mol. The number of hydrogen-bond acceptors (Lipinski definition) is 3. The molecule has 2 heterocycles. The zero-order valence-corrected chi connectivity index (χ0v) is 14.0. The maximum atomic E-state index is 12.8. The van der Waals surface area contributed by atoms with E-state index in [4.69, 9.17) is 0 Å². The number of halogens is 3. The van der Waals surface area contributed by atoms with E-state index < -0.39 is 21.8 Å². The van der Waals surface area contributed by atoms with Crippen LogP contribution in [0.4, 0.5) is 13.2 Å². The minimum Gasteiger partial charge on any atom is -0.314 e. The van der Waals surface area contributed by atoms with Crippen LogP contribution in [0.25, 0.3) is 0 Å². The van der Waals surface area contributed by atoms with Crippen molar-refractivity contribution < 1.29 is 21.6 Å². The number of rotatable bonds is 3. The maximum Gasteiger partial charge on any atom is 0.416 e. The SMILES string of the molecule is O=S(=O)(c1cccc(C(F)(F)F)c1)N1CCC(C2CCCN2)CC1. The topological polar surface area (TPSA) is 49.4 Å². The fraction of sp³-hybridized carbons (Fsp3) is 0.625. The highest BCUT2D eigenvalue weighted by Crippen LogP contribution is 2.32. The lowest BCUT2D eigenvalue weighted by Crippen LogP contribution is -2.43. The fourth-order valence-corrected chi connectivity index (χ4v) is 5.13. The Balaban J connectivity index is 1.72. The molecule has 4 nitrogen and oxygen atoms in total. The number of nitrogens with one attached hydrogen (secondary N) is 1. The molecule has 1 atom stereocenters. The lowest BCUT2D eigenvalue weighted by Gasteiger charge is -2.34. The second-order valence-corrected chi connectivity index (χ2v) is 8.41. The van der Waals surface area contributed by atoms with Crippen molar-refractivity contribution in [3.05, 3.63) is 29.8 Å². The Morgan fingerprint density at radius 1 is 1.12 bits per heavy atom. The third-order valence-corrected chi connectivity index (χ3v) is 6.86. The molecule has 1 aromatic rings. The molecule has 2 aliphatic heterocycles. The molecule has 0 bridgehead atoms. The molecular weight excluding hydrogens is 341 g/mol. The van der Waals surface area contributed by atoms with Crippen LogP contribution in [0.15, 0.2) is 29.2 Å². The van der Waals surface area contributed by atoms with Gasteiger partial charge in [0, 0.05) is 19.1 Å². The lowest BCUT2D eigenvalue weighted by atomic mass is 9.89. The Morgan fingerprint density at radius 3 is 2.42 bits per heavy atom. The van der Waals surface area contributed by atoms with Crippen LogP contribution >= 0.6 is 0 Å². The molecule has 0 saturated carbocycles. The van der Waals surface area contributed by atoms with Crippen LogP contribution in [0.1, 0.15) is 31.2 Å². The van der Waals surface area contributed by atoms with Gasteiger partial charge in [-0.15, -0.1) is 0 Å². The van der Waals surface area contributed by atoms with Crippen LogP contribution in [-0.4, -0.2) is 38.4 Å². The first kappa shape index (κ1) is 17.7. The van der Waals surface area contributed by atoms with Crippen LogP contribution in [0.3, 0.4) is 0 Å². The van der Waals surface area contributed by atoms with Gasteiger partial charge in [0.1, 0.15) is 0 Å². The van der Waals surface area contributed by atoms with Crippen molar-refractivity contribution in [3.63, 3.8) is 0 Å². The van der Waals surface area contributed by atoms with Crippen molar-refractivity contribution in [3.8, 4) is 0 Å². The van der Waals surface area contributed by atoms with E-state index in [1.54, 1.807) is 0 Å². The first-order valence-electron chi connectivity index (χ1n) is 8.19. The number of piperidine rings is 1. The van der Waals surface area contributed by atoms with Gasteiger partial charge in [0.15, 0.2) is 0 Å². The second-order valence-electron chi connectivity index (χ2n) is 6.47. The fourth-order valence-electron chi connectivity index (χ4n) is 3.61. The molecule has 8 heteroatoms. The highest BCUT2D eigenvalue weighted by molar-refractivity contribution is 7.89. The van der Waals surface area contributed by atoms with Gasteiger partial charge in [0.25, 0.3) is 0 Å². The largest absolute Gasteiger partial charge is 0.416 e. The van der Waals surface area contributed by atoms with E-state index in [0.717, 1.165) is 50.4 Å². The van der Waals surface area contributed by atoms with Gasteiger partial charge in [0.05, 0.1) is 10.5 Å². The van der Waals surface area contributed by atoms with Gasteiger partial charge in [0.2, 0.25) is 10.0 Å². The molecule has 0 aliphatic carbocycles.